The maximum atomic E-state index is 12.1. The standard InChI is InChI=1S/C24H31NO3/c1-18(2)25(19(3)4)15-16-27-22-13-9-10-14-23(22)28-24(20(5)26)17-21-11-7-6-8-12-21/h6-14,17-19H,15-16H2,1-5H3/b24-17-. The van der Waals surface area contributed by atoms with E-state index < -0.39 is 0 Å². The summed E-state index contributed by atoms with van der Waals surface area (Å²) < 4.78 is 11.9. The Morgan fingerprint density at radius 3 is 2.07 bits per heavy atom. The van der Waals surface area contributed by atoms with Gasteiger partial charge < -0.3 is 9.47 Å². The minimum atomic E-state index is -0.135. The first-order valence-electron chi connectivity index (χ1n) is 9.81. The number of carbonyl (C=O) groups excluding carboxylic acids is 1. The molecule has 0 radical (unpaired) electrons. The highest BCUT2D eigenvalue weighted by Gasteiger charge is 2.15. The maximum absolute atomic E-state index is 12.1. The van der Waals surface area contributed by atoms with Crippen molar-refractivity contribution >= 4 is 11.9 Å². The van der Waals surface area contributed by atoms with Crippen LogP contribution in [0.25, 0.3) is 6.08 Å². The van der Waals surface area contributed by atoms with Crippen LogP contribution in [0.2, 0.25) is 0 Å². The molecular weight excluding hydrogens is 350 g/mol. The van der Waals surface area contributed by atoms with Gasteiger partial charge in [-0.05, 0) is 51.5 Å². The Hall–Kier alpha value is -2.59. The summed E-state index contributed by atoms with van der Waals surface area (Å²) >= 11 is 0. The average Bonchev–Trinajstić information content (AvgIpc) is 2.66. The summed E-state index contributed by atoms with van der Waals surface area (Å²) in [6, 6.07) is 18.0. The van der Waals surface area contributed by atoms with Crippen LogP contribution >= 0.6 is 0 Å². The molecule has 0 spiro atoms. The van der Waals surface area contributed by atoms with Crippen molar-refractivity contribution in [3.63, 3.8) is 0 Å². The zero-order valence-electron chi connectivity index (χ0n) is 17.5. The minimum absolute atomic E-state index is 0.135. The number of carbonyl (C=O) groups is 1. The van der Waals surface area contributed by atoms with E-state index in [0.717, 1.165) is 12.1 Å². The minimum Gasteiger partial charge on any atom is -0.488 e. The van der Waals surface area contributed by atoms with Gasteiger partial charge in [0.15, 0.2) is 23.0 Å². The van der Waals surface area contributed by atoms with Gasteiger partial charge in [-0.25, -0.2) is 0 Å². The van der Waals surface area contributed by atoms with E-state index in [-0.39, 0.29) is 11.5 Å². The molecule has 0 aliphatic heterocycles. The van der Waals surface area contributed by atoms with Gasteiger partial charge in [0.25, 0.3) is 0 Å². The number of Topliss-reactive ketones (excluding diaryl/α,β-unsaturated/α-hetero) is 1. The lowest BCUT2D eigenvalue weighted by atomic mass is 10.2. The van der Waals surface area contributed by atoms with Gasteiger partial charge in [0.05, 0.1) is 0 Å². The van der Waals surface area contributed by atoms with Crippen molar-refractivity contribution in [2.75, 3.05) is 13.2 Å². The summed E-state index contributed by atoms with van der Waals surface area (Å²) in [5.74, 6) is 1.33. The summed E-state index contributed by atoms with van der Waals surface area (Å²) in [4.78, 5) is 14.5. The van der Waals surface area contributed by atoms with Crippen LogP contribution in [0.15, 0.2) is 60.4 Å². The number of benzene rings is 2. The monoisotopic (exact) mass is 381 g/mol. The van der Waals surface area contributed by atoms with Gasteiger partial charge in [0.2, 0.25) is 0 Å². The fourth-order valence-electron chi connectivity index (χ4n) is 3.05. The predicted octanol–water partition coefficient (Wildman–Crippen LogP) is 5.19. The van der Waals surface area contributed by atoms with Crippen LogP contribution in [0, 0.1) is 0 Å². The van der Waals surface area contributed by atoms with Crippen LogP contribution in [0.1, 0.15) is 40.2 Å². The fourth-order valence-corrected chi connectivity index (χ4v) is 3.05. The van der Waals surface area contributed by atoms with Gasteiger partial charge in [0, 0.05) is 25.6 Å². The smallest absolute Gasteiger partial charge is 0.194 e. The SMILES string of the molecule is CC(=O)/C(=C/c1ccccc1)Oc1ccccc1OCCN(C(C)C)C(C)C. The summed E-state index contributed by atoms with van der Waals surface area (Å²) in [6.45, 7) is 11.6. The van der Waals surface area contributed by atoms with Crippen LogP contribution in [-0.2, 0) is 4.79 Å². The van der Waals surface area contributed by atoms with Gasteiger partial charge in [0.1, 0.15) is 6.61 Å². The van der Waals surface area contributed by atoms with Crippen LogP contribution in [0.5, 0.6) is 11.5 Å². The Kier molecular flexibility index (Phi) is 8.27. The van der Waals surface area contributed by atoms with Crippen LogP contribution in [-0.4, -0.2) is 35.9 Å². The number of para-hydroxylation sites is 2. The Labute approximate surface area is 168 Å². The van der Waals surface area contributed by atoms with E-state index in [1.807, 2.05) is 54.6 Å². The molecule has 0 amide bonds. The molecule has 4 nitrogen and oxygen atoms in total. The lowest BCUT2D eigenvalue weighted by Gasteiger charge is -2.30. The second-order valence-electron chi connectivity index (χ2n) is 7.30. The Bertz CT molecular complexity index is 773. The molecular formula is C24H31NO3. The molecule has 0 aliphatic rings. The van der Waals surface area contributed by atoms with Crippen molar-refractivity contribution in [2.24, 2.45) is 0 Å². The molecule has 0 aromatic heterocycles. The summed E-state index contributed by atoms with van der Waals surface area (Å²) in [5, 5.41) is 0. The zero-order valence-corrected chi connectivity index (χ0v) is 17.5. The highest BCUT2D eigenvalue weighted by molar-refractivity contribution is 5.96. The third-order valence-corrected chi connectivity index (χ3v) is 4.45. The van der Waals surface area contributed by atoms with E-state index in [0.29, 0.717) is 30.2 Å². The van der Waals surface area contributed by atoms with Crippen molar-refractivity contribution in [2.45, 2.75) is 46.7 Å². The Balaban J connectivity index is 2.12. The topological polar surface area (TPSA) is 38.8 Å². The molecule has 4 heteroatoms. The van der Waals surface area contributed by atoms with E-state index >= 15 is 0 Å². The number of nitrogens with zero attached hydrogens (tertiary/aromatic N) is 1. The van der Waals surface area contributed by atoms with Crippen molar-refractivity contribution in [3.05, 3.63) is 65.9 Å². The Morgan fingerprint density at radius 1 is 0.929 bits per heavy atom. The molecule has 0 aliphatic carbocycles. The summed E-state index contributed by atoms with van der Waals surface area (Å²) in [7, 11) is 0. The molecule has 2 aromatic carbocycles. The second-order valence-corrected chi connectivity index (χ2v) is 7.30. The van der Waals surface area contributed by atoms with Gasteiger partial charge >= 0.3 is 0 Å². The molecule has 150 valence electrons. The van der Waals surface area contributed by atoms with Crippen molar-refractivity contribution in [1.29, 1.82) is 0 Å². The van der Waals surface area contributed by atoms with Crippen molar-refractivity contribution < 1.29 is 14.3 Å². The van der Waals surface area contributed by atoms with Gasteiger partial charge in [-0.2, -0.15) is 0 Å². The van der Waals surface area contributed by atoms with E-state index in [1.54, 1.807) is 6.08 Å². The number of allylic oxidation sites excluding steroid dienone is 1. The second kappa shape index (κ2) is 10.7. The van der Waals surface area contributed by atoms with Gasteiger partial charge in [-0.1, -0.05) is 42.5 Å². The number of ketones is 1. The number of hydrogen-bond donors (Lipinski definition) is 0. The molecule has 0 saturated carbocycles. The first-order chi connectivity index (χ1) is 13.4. The van der Waals surface area contributed by atoms with Crippen LogP contribution in [0.4, 0.5) is 0 Å². The molecule has 0 unspecified atom stereocenters. The third-order valence-electron chi connectivity index (χ3n) is 4.45. The number of hydrogen-bond acceptors (Lipinski definition) is 4. The number of rotatable bonds is 10. The normalized spacial score (nSPS) is 11.9. The summed E-state index contributed by atoms with van der Waals surface area (Å²) in [6.07, 6.45) is 1.75. The number of ether oxygens (including phenoxy) is 2. The van der Waals surface area contributed by atoms with Gasteiger partial charge in [-0.3, -0.25) is 9.69 Å². The quantitative estimate of drug-likeness (QED) is 0.419. The molecule has 0 bridgehead atoms. The summed E-state index contributed by atoms with van der Waals surface area (Å²) in [5.41, 5.74) is 0.913. The highest BCUT2D eigenvalue weighted by atomic mass is 16.5. The largest absolute Gasteiger partial charge is 0.488 e. The average molecular weight is 382 g/mol. The molecule has 0 saturated heterocycles. The lowest BCUT2D eigenvalue weighted by Crippen LogP contribution is -2.39. The van der Waals surface area contributed by atoms with Crippen molar-refractivity contribution in [1.82, 2.24) is 4.90 Å². The van der Waals surface area contributed by atoms with Crippen LogP contribution < -0.4 is 9.47 Å². The first-order valence-corrected chi connectivity index (χ1v) is 9.81. The molecule has 28 heavy (non-hydrogen) atoms. The molecule has 0 atom stereocenters. The molecule has 0 fully saturated rings. The lowest BCUT2D eigenvalue weighted by molar-refractivity contribution is -0.115. The van der Waals surface area contributed by atoms with Crippen molar-refractivity contribution in [3.8, 4) is 11.5 Å². The molecule has 2 aromatic rings. The molecule has 2 rings (SSSR count). The van der Waals surface area contributed by atoms with E-state index in [4.69, 9.17) is 9.47 Å². The van der Waals surface area contributed by atoms with Gasteiger partial charge in [-0.15, -0.1) is 0 Å². The third kappa shape index (κ3) is 6.54. The highest BCUT2D eigenvalue weighted by Crippen LogP contribution is 2.29. The van der Waals surface area contributed by atoms with E-state index in [9.17, 15) is 4.79 Å². The Morgan fingerprint density at radius 2 is 1.50 bits per heavy atom. The molecule has 0 N–H and O–H groups in total. The zero-order chi connectivity index (χ0) is 20.5. The first kappa shape index (κ1) is 21.7. The van der Waals surface area contributed by atoms with Crippen LogP contribution in [0.3, 0.4) is 0 Å². The van der Waals surface area contributed by atoms with E-state index in [1.165, 1.54) is 6.92 Å². The fraction of sp³-hybridized carbons (Fsp3) is 0.375. The predicted molar refractivity (Wildman–Crippen MR) is 115 cm³/mol. The van der Waals surface area contributed by atoms with E-state index in [2.05, 4.69) is 32.6 Å². The maximum Gasteiger partial charge on any atom is 0.194 e. The molecule has 0 heterocycles.